The van der Waals surface area contributed by atoms with E-state index in [1.165, 1.54) is 20.4 Å². The number of nitrogens with one attached hydrogen (secondary N) is 5. The number of unbranched alkanes of at least 4 members (excludes halogenated alkanes) is 2. The van der Waals surface area contributed by atoms with Gasteiger partial charge in [0.2, 0.25) is 17.8 Å². The minimum atomic E-state index is -3.65. The quantitative estimate of drug-likeness (QED) is 0.0334. The number of amides is 3. The average Bonchev–Trinajstić information content (AvgIpc) is 3.59. The summed E-state index contributed by atoms with van der Waals surface area (Å²) in [5, 5.41) is 17.6. The number of fused-ring (bicyclic) bond motifs is 1. The van der Waals surface area contributed by atoms with Gasteiger partial charge < -0.3 is 34.6 Å². The van der Waals surface area contributed by atoms with Crippen LogP contribution >= 0.6 is 19.2 Å². The van der Waals surface area contributed by atoms with Gasteiger partial charge in [-0.25, -0.2) is 4.98 Å². The van der Waals surface area contributed by atoms with Gasteiger partial charge in [0.1, 0.15) is 16.4 Å². The number of halogens is 1. The van der Waals surface area contributed by atoms with E-state index in [2.05, 4.69) is 56.7 Å². The predicted octanol–water partition coefficient (Wildman–Crippen LogP) is 6.55. The van der Waals surface area contributed by atoms with Crippen LogP contribution in [0.1, 0.15) is 90.9 Å². The molecule has 3 aromatic carbocycles. The summed E-state index contributed by atoms with van der Waals surface area (Å²) in [6.07, 6.45) is 6.08. The zero-order valence-corrected chi connectivity index (χ0v) is 35.9. The van der Waals surface area contributed by atoms with E-state index in [1.54, 1.807) is 36.3 Å². The van der Waals surface area contributed by atoms with E-state index in [1.807, 2.05) is 24.3 Å². The molecule has 3 atom stereocenters. The highest BCUT2D eigenvalue weighted by Gasteiger charge is 2.45. The lowest BCUT2D eigenvalue weighted by Crippen LogP contribution is -2.63. The fourth-order valence-corrected chi connectivity index (χ4v) is 9.85. The fraction of sp³-hybridized carbons (Fsp3) is 0.419. The number of piperidine rings is 2. The van der Waals surface area contributed by atoms with E-state index in [9.17, 15) is 18.9 Å². The van der Waals surface area contributed by atoms with Gasteiger partial charge in [0.25, 0.3) is 5.91 Å². The van der Waals surface area contributed by atoms with Gasteiger partial charge in [0.05, 0.1) is 24.3 Å². The Morgan fingerprint density at radius 1 is 1.00 bits per heavy atom. The molecule has 0 spiro atoms. The second kappa shape index (κ2) is 18.8. The van der Waals surface area contributed by atoms with Crippen molar-refractivity contribution in [2.24, 2.45) is 0 Å². The first-order valence-corrected chi connectivity index (χ1v) is 22.2. The van der Waals surface area contributed by atoms with Crippen molar-refractivity contribution in [3.8, 4) is 5.75 Å². The molecule has 15 nitrogen and oxygen atoms in total. The Kier molecular flexibility index (Phi) is 13.5. The summed E-state index contributed by atoms with van der Waals surface area (Å²) in [5.41, 5.74) is 3.05. The van der Waals surface area contributed by atoms with Gasteiger partial charge >= 0.3 is 7.60 Å². The number of benzene rings is 3. The number of aromatic nitrogens is 2. The number of para-hydroxylation sites is 1. The van der Waals surface area contributed by atoms with Gasteiger partial charge in [0, 0.05) is 63.7 Å². The van der Waals surface area contributed by atoms with E-state index in [4.69, 9.17) is 30.4 Å². The summed E-state index contributed by atoms with van der Waals surface area (Å²) in [6.45, 7) is 3.81. The first-order chi connectivity index (χ1) is 29.0. The van der Waals surface area contributed by atoms with Gasteiger partial charge in [-0.2, -0.15) is 4.98 Å². The summed E-state index contributed by atoms with van der Waals surface area (Å²) in [7, 11) is 0.655. The highest BCUT2D eigenvalue weighted by molar-refractivity contribution is 7.62. The molecule has 0 aliphatic carbocycles. The Bertz CT molecular complexity index is 2240. The number of ether oxygens (including phenoxy) is 1. The predicted molar refractivity (Wildman–Crippen MR) is 230 cm³/mol. The fourth-order valence-electron chi connectivity index (χ4n) is 8.47. The van der Waals surface area contributed by atoms with Crippen LogP contribution in [0.2, 0.25) is 5.02 Å². The first-order valence-electron chi connectivity index (χ1n) is 20.3. The van der Waals surface area contributed by atoms with Gasteiger partial charge in [-0.3, -0.25) is 29.6 Å². The summed E-state index contributed by atoms with van der Waals surface area (Å²) >= 11 is 6.73. The molecule has 2 saturated heterocycles. The van der Waals surface area contributed by atoms with E-state index in [-0.39, 0.29) is 53.4 Å². The second-order valence-corrected chi connectivity index (χ2v) is 18.0. The molecule has 3 aliphatic heterocycles. The van der Waals surface area contributed by atoms with Crippen molar-refractivity contribution in [1.82, 2.24) is 30.8 Å². The van der Waals surface area contributed by atoms with Crippen LogP contribution in [0, 0.1) is 0 Å². The number of carbonyl (C=O) groups excluding carboxylic acids is 3. The number of anilines is 3. The molecule has 318 valence electrons. The number of nitrogens with zero attached hydrogens (tertiary/aromatic N) is 3. The van der Waals surface area contributed by atoms with Crippen LogP contribution in [0.5, 0.6) is 5.75 Å². The molecular formula is C43H52ClN8O7P. The molecule has 0 radical (unpaired) electrons. The maximum absolute atomic E-state index is 14.0. The number of carbonyl (C=O) groups is 3. The van der Waals surface area contributed by atoms with Gasteiger partial charge in [-0.1, -0.05) is 74.2 Å². The van der Waals surface area contributed by atoms with Crippen molar-refractivity contribution in [2.75, 3.05) is 45.1 Å². The zero-order chi connectivity index (χ0) is 42.4. The number of hydrogen-bond acceptors (Lipinski definition) is 13. The molecule has 3 aliphatic rings. The first kappa shape index (κ1) is 43.2. The zero-order valence-electron chi connectivity index (χ0n) is 34.3. The molecule has 17 heteroatoms. The van der Waals surface area contributed by atoms with Crippen LogP contribution in [-0.4, -0.2) is 78.7 Å². The van der Waals surface area contributed by atoms with Crippen LogP contribution in [0.3, 0.4) is 0 Å². The SMILES string of the molecule is CCCCCC(NC1(Nc2ncc(Cl)c(Nc3ccccc3P(=O)(OC)OC)n2)CCNCC1c1ccc(OC)cc1)c1ccc2c(c1)C(=O)N(C1CC(=O)NC(=O)C1)C2. The minimum Gasteiger partial charge on any atom is -0.497 e. The molecule has 3 unspecified atom stereocenters. The Balaban J connectivity index is 1.26. The molecule has 1 aromatic heterocycles. The second-order valence-electron chi connectivity index (χ2n) is 15.3. The topological polar surface area (TPSA) is 185 Å². The third-order valence-electron chi connectivity index (χ3n) is 11.6. The molecule has 5 N–H and O–H groups in total. The molecule has 0 saturated carbocycles. The van der Waals surface area contributed by atoms with E-state index >= 15 is 0 Å². The summed E-state index contributed by atoms with van der Waals surface area (Å²) < 4.78 is 29.6. The Morgan fingerprint density at radius 3 is 2.47 bits per heavy atom. The van der Waals surface area contributed by atoms with Crippen molar-refractivity contribution in [2.45, 2.75) is 82.1 Å². The number of methoxy groups -OCH3 is 1. The number of rotatable bonds is 17. The minimum absolute atomic E-state index is 0.0894. The molecule has 4 heterocycles. The Labute approximate surface area is 355 Å². The highest BCUT2D eigenvalue weighted by atomic mass is 35.5. The molecule has 0 bridgehead atoms. The van der Waals surface area contributed by atoms with Crippen LogP contribution in [0.15, 0.2) is 72.9 Å². The van der Waals surface area contributed by atoms with Crippen LogP contribution in [0.25, 0.3) is 0 Å². The summed E-state index contributed by atoms with van der Waals surface area (Å²) in [4.78, 5) is 49.7. The molecule has 60 heavy (non-hydrogen) atoms. The smallest absolute Gasteiger partial charge is 0.362 e. The molecule has 2 fully saturated rings. The van der Waals surface area contributed by atoms with Crippen molar-refractivity contribution >= 4 is 59.7 Å². The van der Waals surface area contributed by atoms with Crippen molar-refractivity contribution in [3.05, 3.63) is 100 Å². The van der Waals surface area contributed by atoms with E-state index in [0.29, 0.717) is 48.6 Å². The van der Waals surface area contributed by atoms with E-state index in [0.717, 1.165) is 48.1 Å². The lowest BCUT2D eigenvalue weighted by molar-refractivity contribution is -0.135. The van der Waals surface area contributed by atoms with E-state index < -0.39 is 19.3 Å². The maximum Gasteiger partial charge on any atom is 0.362 e. The molecular weight excluding hydrogens is 807 g/mol. The molecule has 4 aromatic rings. The molecule has 7 rings (SSSR count). The van der Waals surface area contributed by atoms with Gasteiger partial charge in [0.15, 0.2) is 5.82 Å². The van der Waals surface area contributed by atoms with Gasteiger partial charge in [-0.15, -0.1) is 0 Å². The van der Waals surface area contributed by atoms with Crippen LogP contribution in [0.4, 0.5) is 17.5 Å². The average molecular weight is 859 g/mol. The largest absolute Gasteiger partial charge is 0.497 e. The lowest BCUT2D eigenvalue weighted by atomic mass is 9.79. The summed E-state index contributed by atoms with van der Waals surface area (Å²) in [6, 6.07) is 20.3. The normalized spacial score (nSPS) is 20.1. The highest BCUT2D eigenvalue weighted by Crippen LogP contribution is 2.47. The van der Waals surface area contributed by atoms with Crippen LogP contribution < -0.4 is 36.6 Å². The monoisotopic (exact) mass is 858 g/mol. The van der Waals surface area contributed by atoms with Crippen molar-refractivity contribution in [1.29, 1.82) is 0 Å². The number of imide groups is 1. The standard InChI is InChI=1S/C43H52ClN8O7P/c1-5-6-7-10-35(28-13-14-29-26-52(41(55)32(29)21-28)30-22-38(53)48-39(54)23-30)50-43(19-20-45-24-33(43)27-15-17-31(57-2)18-16-27)51-42-46-25-34(44)40(49-42)47-36-11-8-9-12-37(36)60(56,58-3)59-4/h8-9,11-18,21,25,30,33,35,45,50H,5-7,10,19-20,22-24,26H2,1-4H3,(H,48,53,54)(H2,46,47,49,51). The third-order valence-corrected chi connectivity index (χ3v) is 13.8. The van der Waals surface area contributed by atoms with Gasteiger partial charge in [-0.05, 0) is 66.4 Å². The van der Waals surface area contributed by atoms with Crippen molar-refractivity contribution < 1.29 is 32.7 Å². The van der Waals surface area contributed by atoms with Crippen molar-refractivity contribution in [3.63, 3.8) is 0 Å². The Morgan fingerprint density at radius 2 is 1.75 bits per heavy atom. The maximum atomic E-state index is 14.0. The van der Waals surface area contributed by atoms with Crippen LogP contribution in [-0.2, 0) is 29.7 Å². The third kappa shape index (κ3) is 9.21. The number of hydrogen-bond donors (Lipinski definition) is 5. The molecule has 3 amide bonds. The lowest BCUT2D eigenvalue weighted by Gasteiger charge is -2.48. The summed E-state index contributed by atoms with van der Waals surface area (Å²) in [5.74, 6) is 0.250. The Hall–Kier alpha value is -4.89.